The van der Waals surface area contributed by atoms with Crippen molar-refractivity contribution in [2.75, 3.05) is 31.8 Å². The number of methoxy groups -OCH3 is 1. The Morgan fingerprint density at radius 3 is 2.75 bits per heavy atom. The van der Waals surface area contributed by atoms with E-state index in [-0.39, 0.29) is 5.91 Å². The Balaban J connectivity index is 1.38. The Kier molecular flexibility index (Phi) is 7.67. The van der Waals surface area contributed by atoms with Gasteiger partial charge in [-0.25, -0.2) is 9.78 Å². The number of hydrogen-bond acceptors (Lipinski definition) is 6. The second-order valence-corrected chi connectivity index (χ2v) is 11.0. The molecular formula is C29H34N2O4S. The van der Waals surface area contributed by atoms with Gasteiger partial charge in [-0.15, -0.1) is 11.3 Å². The van der Waals surface area contributed by atoms with Crippen LogP contribution in [0.25, 0.3) is 10.2 Å². The molecule has 1 aliphatic carbocycles. The van der Waals surface area contributed by atoms with Crippen molar-refractivity contribution in [2.45, 2.75) is 57.8 Å². The molecule has 0 atom stereocenters. The number of nitrogens with zero attached hydrogens (tertiary/aromatic N) is 2. The van der Waals surface area contributed by atoms with Crippen molar-refractivity contribution in [3.63, 3.8) is 0 Å². The summed E-state index contributed by atoms with van der Waals surface area (Å²) in [5, 5.41) is 1.12. The molecule has 3 aromatic rings. The summed E-state index contributed by atoms with van der Waals surface area (Å²) in [5.74, 6) is 0.545. The third-order valence-electron chi connectivity index (χ3n) is 7.51. The zero-order chi connectivity index (χ0) is 25.1. The van der Waals surface area contributed by atoms with E-state index in [2.05, 4.69) is 6.92 Å². The van der Waals surface area contributed by atoms with Gasteiger partial charge in [0, 0.05) is 31.2 Å². The lowest BCUT2D eigenvalue weighted by atomic mass is 9.83. The first-order chi connectivity index (χ1) is 17.6. The van der Waals surface area contributed by atoms with Crippen molar-refractivity contribution in [2.24, 2.45) is 5.92 Å². The maximum absolute atomic E-state index is 13.4. The Morgan fingerprint density at radius 2 is 1.97 bits per heavy atom. The number of aromatic nitrogens is 1. The molecule has 6 nitrogen and oxygen atoms in total. The first kappa shape index (κ1) is 24.9. The second kappa shape index (κ2) is 11.1. The predicted molar refractivity (Wildman–Crippen MR) is 143 cm³/mol. The summed E-state index contributed by atoms with van der Waals surface area (Å²) in [5.41, 5.74) is 3.54. The Morgan fingerprint density at radius 1 is 1.17 bits per heavy atom. The van der Waals surface area contributed by atoms with Crippen molar-refractivity contribution in [3.8, 4) is 0 Å². The Bertz CT molecular complexity index is 1250. The molecule has 0 unspecified atom stereocenters. The van der Waals surface area contributed by atoms with Crippen LogP contribution in [-0.2, 0) is 15.9 Å². The van der Waals surface area contributed by atoms with E-state index in [0.717, 1.165) is 72.5 Å². The molecule has 36 heavy (non-hydrogen) atoms. The fourth-order valence-electron chi connectivity index (χ4n) is 5.38. The van der Waals surface area contributed by atoms with Crippen molar-refractivity contribution < 1.29 is 19.1 Å². The maximum atomic E-state index is 13.4. The molecular weight excluding hydrogens is 472 g/mol. The SMILES string of the molecule is CCCCOCC1CCC(c2nc3cc(C(=O)OC)c(N4CCc5ccccc5C4=O)cc3s2)CC1. The van der Waals surface area contributed by atoms with Gasteiger partial charge in [-0.1, -0.05) is 31.5 Å². The van der Waals surface area contributed by atoms with Gasteiger partial charge in [-0.2, -0.15) is 0 Å². The zero-order valence-corrected chi connectivity index (χ0v) is 21.9. The highest BCUT2D eigenvalue weighted by Crippen LogP contribution is 2.41. The fraction of sp³-hybridized carbons (Fsp3) is 0.483. The summed E-state index contributed by atoms with van der Waals surface area (Å²) in [4.78, 5) is 32.8. The molecule has 1 amide bonds. The fourth-order valence-corrected chi connectivity index (χ4v) is 6.53. The van der Waals surface area contributed by atoms with E-state index in [1.165, 1.54) is 13.5 Å². The van der Waals surface area contributed by atoms with Crippen LogP contribution in [0.5, 0.6) is 0 Å². The number of carbonyl (C=O) groups is 2. The van der Waals surface area contributed by atoms with Crippen molar-refractivity contribution >= 4 is 39.1 Å². The molecule has 0 radical (unpaired) electrons. The largest absolute Gasteiger partial charge is 0.465 e. The van der Waals surface area contributed by atoms with Crippen molar-refractivity contribution in [3.05, 3.63) is 58.1 Å². The van der Waals surface area contributed by atoms with Crippen LogP contribution in [-0.4, -0.2) is 43.7 Å². The highest BCUT2D eigenvalue weighted by molar-refractivity contribution is 7.18. The van der Waals surface area contributed by atoms with Gasteiger partial charge in [0.1, 0.15) is 0 Å². The predicted octanol–water partition coefficient (Wildman–Crippen LogP) is 6.38. The topological polar surface area (TPSA) is 68.7 Å². The number of amides is 1. The Hall–Kier alpha value is -2.77. The molecule has 5 rings (SSSR count). The van der Waals surface area contributed by atoms with Crippen LogP contribution in [0, 0.1) is 5.92 Å². The molecule has 1 aromatic heterocycles. The number of benzene rings is 2. The van der Waals surface area contributed by atoms with Crippen LogP contribution >= 0.6 is 11.3 Å². The number of thiazole rings is 1. The summed E-state index contributed by atoms with van der Waals surface area (Å²) in [6.07, 6.45) is 7.59. The van der Waals surface area contributed by atoms with E-state index in [1.807, 2.05) is 30.3 Å². The van der Waals surface area contributed by atoms with Crippen LogP contribution in [0.2, 0.25) is 0 Å². The summed E-state index contributed by atoms with van der Waals surface area (Å²) in [7, 11) is 1.38. The second-order valence-electron chi connectivity index (χ2n) is 9.89. The average molecular weight is 507 g/mol. The molecule has 0 spiro atoms. The lowest BCUT2D eigenvalue weighted by Crippen LogP contribution is -2.38. The van der Waals surface area contributed by atoms with Crippen molar-refractivity contribution in [1.82, 2.24) is 4.98 Å². The van der Waals surface area contributed by atoms with Gasteiger partial charge in [0.25, 0.3) is 5.91 Å². The van der Waals surface area contributed by atoms with Crippen LogP contribution in [0.3, 0.4) is 0 Å². The molecule has 190 valence electrons. The molecule has 0 saturated heterocycles. The van der Waals surface area contributed by atoms with Gasteiger partial charge < -0.3 is 14.4 Å². The molecule has 1 fully saturated rings. The molecule has 7 heteroatoms. The number of carbonyl (C=O) groups excluding carboxylic acids is 2. The maximum Gasteiger partial charge on any atom is 0.340 e. The third kappa shape index (κ3) is 5.04. The van der Waals surface area contributed by atoms with E-state index in [4.69, 9.17) is 14.5 Å². The molecule has 0 N–H and O–H groups in total. The number of ether oxygens (including phenoxy) is 2. The van der Waals surface area contributed by atoms with Crippen LogP contribution < -0.4 is 4.90 Å². The lowest BCUT2D eigenvalue weighted by Gasteiger charge is -2.29. The number of esters is 1. The van der Waals surface area contributed by atoms with Gasteiger partial charge >= 0.3 is 5.97 Å². The monoisotopic (exact) mass is 506 g/mol. The first-order valence-corrected chi connectivity index (χ1v) is 13.9. The summed E-state index contributed by atoms with van der Waals surface area (Å²) in [6, 6.07) is 11.5. The number of hydrogen-bond donors (Lipinski definition) is 0. The number of rotatable bonds is 8. The van der Waals surface area contributed by atoms with Gasteiger partial charge in [0.2, 0.25) is 0 Å². The normalized spacial score (nSPS) is 19.9. The zero-order valence-electron chi connectivity index (χ0n) is 21.1. The number of fused-ring (bicyclic) bond motifs is 2. The van der Waals surface area contributed by atoms with Gasteiger partial charge in [0.05, 0.1) is 33.6 Å². The quantitative estimate of drug-likeness (QED) is 0.262. The first-order valence-electron chi connectivity index (χ1n) is 13.1. The smallest absolute Gasteiger partial charge is 0.340 e. The van der Waals surface area contributed by atoms with Gasteiger partial charge in [-0.05, 0) is 68.2 Å². The third-order valence-corrected chi connectivity index (χ3v) is 8.69. The average Bonchev–Trinajstić information content (AvgIpc) is 3.34. The molecule has 1 saturated carbocycles. The van der Waals surface area contributed by atoms with E-state index in [1.54, 1.807) is 22.3 Å². The summed E-state index contributed by atoms with van der Waals surface area (Å²) in [6.45, 7) is 4.45. The van der Waals surface area contributed by atoms with Gasteiger partial charge in [0.15, 0.2) is 0 Å². The summed E-state index contributed by atoms with van der Waals surface area (Å²) < 4.78 is 12.0. The summed E-state index contributed by atoms with van der Waals surface area (Å²) >= 11 is 1.69. The Labute approximate surface area is 216 Å². The number of unbranched alkanes of at least 4 members (excludes halogenated alkanes) is 1. The number of anilines is 1. The molecule has 0 bridgehead atoms. The van der Waals surface area contributed by atoms with E-state index in [9.17, 15) is 9.59 Å². The molecule has 1 aliphatic heterocycles. The minimum absolute atomic E-state index is 0.0782. The van der Waals surface area contributed by atoms with Crippen LogP contribution in [0.4, 0.5) is 5.69 Å². The van der Waals surface area contributed by atoms with E-state index in [0.29, 0.717) is 35.2 Å². The minimum Gasteiger partial charge on any atom is -0.465 e. The standard InChI is InChI=1S/C29H34N2O4S/c1-3-4-15-35-18-19-9-11-21(12-10-19)27-30-24-16-23(29(33)34-2)25(17-26(24)36-27)31-14-13-20-7-5-6-8-22(20)28(31)32/h5-8,16-17,19,21H,3-4,9-15,18H2,1-2H3. The molecule has 2 heterocycles. The lowest BCUT2D eigenvalue weighted by molar-refractivity contribution is 0.0601. The van der Waals surface area contributed by atoms with Crippen LogP contribution in [0.1, 0.15) is 82.7 Å². The minimum atomic E-state index is -0.448. The van der Waals surface area contributed by atoms with Gasteiger partial charge in [-0.3, -0.25) is 4.79 Å². The van der Waals surface area contributed by atoms with E-state index >= 15 is 0 Å². The molecule has 2 aliphatic rings. The highest BCUT2D eigenvalue weighted by Gasteiger charge is 2.30. The van der Waals surface area contributed by atoms with Crippen LogP contribution in [0.15, 0.2) is 36.4 Å². The highest BCUT2D eigenvalue weighted by atomic mass is 32.1. The molecule has 2 aromatic carbocycles. The van der Waals surface area contributed by atoms with E-state index < -0.39 is 5.97 Å². The van der Waals surface area contributed by atoms with Crippen molar-refractivity contribution in [1.29, 1.82) is 0 Å².